The molecule has 0 aliphatic carbocycles. The van der Waals surface area contributed by atoms with Gasteiger partial charge >= 0.3 is 0 Å². The lowest BCUT2D eigenvalue weighted by atomic mass is 10.0. The molecule has 0 bridgehead atoms. The number of ether oxygens (including phenoxy) is 1. The van der Waals surface area contributed by atoms with Crippen LogP contribution in [0.25, 0.3) is 0 Å². The topological polar surface area (TPSA) is 70.4 Å². The molecule has 0 spiro atoms. The van der Waals surface area contributed by atoms with Crippen molar-refractivity contribution in [2.45, 2.75) is 33.8 Å². The molecule has 0 heterocycles. The number of phenols is 1. The van der Waals surface area contributed by atoms with E-state index in [4.69, 9.17) is 10.1 Å². The first-order valence-corrected chi connectivity index (χ1v) is 5.88. The van der Waals surface area contributed by atoms with Gasteiger partial charge in [0.1, 0.15) is 11.5 Å². The number of carbonyl (C=O) groups excluding carboxylic acids is 1. The summed E-state index contributed by atoms with van der Waals surface area (Å²) in [6, 6.07) is 4.71. The van der Waals surface area contributed by atoms with Gasteiger partial charge in [-0.3, -0.25) is 4.79 Å². The summed E-state index contributed by atoms with van der Waals surface area (Å²) in [5.74, 6) is 0.447. The Kier molecular flexibility index (Phi) is 4.48. The molecular weight excluding hydrogens is 230 g/mol. The molecule has 0 saturated carbocycles. The van der Waals surface area contributed by atoms with Crippen molar-refractivity contribution >= 4 is 11.5 Å². The maximum atomic E-state index is 11.4. The van der Waals surface area contributed by atoms with E-state index < -0.39 is 6.10 Å². The highest BCUT2D eigenvalue weighted by molar-refractivity contribution is 5.98. The summed E-state index contributed by atoms with van der Waals surface area (Å²) in [6.45, 7) is 6.90. The fraction of sp³-hybridized carbons (Fsp3) is 0.429. The Labute approximate surface area is 107 Å². The first-order chi connectivity index (χ1) is 8.32. The third kappa shape index (κ3) is 3.32. The van der Waals surface area contributed by atoms with Crippen LogP contribution in [0, 0.1) is 11.3 Å². The monoisotopic (exact) mass is 249 g/mol. The van der Waals surface area contributed by atoms with E-state index in [2.05, 4.69) is 0 Å². The van der Waals surface area contributed by atoms with Crippen LogP contribution in [0.15, 0.2) is 18.2 Å². The normalized spacial score (nSPS) is 12.3. The lowest BCUT2D eigenvalue weighted by molar-refractivity contribution is -0.125. The molecule has 1 aromatic rings. The SMILES string of the molecule is CC(=N)c1ccc(OC(C(C)=O)C(C)C)cc1O. The predicted molar refractivity (Wildman–Crippen MR) is 70.5 cm³/mol. The second-order valence-corrected chi connectivity index (χ2v) is 4.70. The van der Waals surface area contributed by atoms with E-state index in [-0.39, 0.29) is 23.2 Å². The maximum absolute atomic E-state index is 11.4. The number of hydrogen-bond acceptors (Lipinski definition) is 4. The van der Waals surface area contributed by atoms with Crippen LogP contribution < -0.4 is 4.74 Å². The zero-order valence-electron chi connectivity index (χ0n) is 11.2. The fourth-order valence-corrected chi connectivity index (χ4v) is 1.74. The molecule has 4 nitrogen and oxygen atoms in total. The Bertz CT molecular complexity index is 466. The molecule has 1 rings (SSSR count). The molecule has 98 valence electrons. The first kappa shape index (κ1) is 14.2. The quantitative estimate of drug-likeness (QED) is 0.788. The number of ketones is 1. The molecule has 1 aromatic carbocycles. The minimum Gasteiger partial charge on any atom is -0.507 e. The van der Waals surface area contributed by atoms with Crippen molar-refractivity contribution in [3.8, 4) is 11.5 Å². The number of carbonyl (C=O) groups is 1. The van der Waals surface area contributed by atoms with Crippen LogP contribution in [-0.4, -0.2) is 22.7 Å². The Morgan fingerprint density at radius 1 is 1.33 bits per heavy atom. The van der Waals surface area contributed by atoms with Crippen LogP contribution in [0.2, 0.25) is 0 Å². The number of nitrogens with one attached hydrogen (secondary N) is 1. The fourth-order valence-electron chi connectivity index (χ4n) is 1.74. The van der Waals surface area contributed by atoms with Crippen LogP contribution in [-0.2, 0) is 4.79 Å². The summed E-state index contributed by atoms with van der Waals surface area (Å²) < 4.78 is 5.57. The number of Topliss-reactive ketones (excluding diaryl/α,β-unsaturated/α-hetero) is 1. The molecule has 0 aliphatic heterocycles. The summed E-state index contributed by atoms with van der Waals surface area (Å²) >= 11 is 0. The van der Waals surface area contributed by atoms with Crippen LogP contribution in [0.1, 0.15) is 33.3 Å². The molecule has 0 amide bonds. The minimum absolute atomic E-state index is 0.00828. The molecule has 1 atom stereocenters. The zero-order chi connectivity index (χ0) is 13.9. The Morgan fingerprint density at radius 3 is 2.33 bits per heavy atom. The first-order valence-electron chi connectivity index (χ1n) is 5.88. The van der Waals surface area contributed by atoms with Gasteiger partial charge in [0.15, 0.2) is 11.9 Å². The van der Waals surface area contributed by atoms with Gasteiger partial charge in [-0.05, 0) is 31.9 Å². The molecule has 0 aromatic heterocycles. The van der Waals surface area contributed by atoms with Gasteiger partial charge in [0.25, 0.3) is 0 Å². The zero-order valence-corrected chi connectivity index (χ0v) is 11.2. The highest BCUT2D eigenvalue weighted by Gasteiger charge is 2.20. The third-order valence-electron chi connectivity index (χ3n) is 2.64. The number of hydrogen-bond donors (Lipinski definition) is 2. The third-order valence-corrected chi connectivity index (χ3v) is 2.64. The van der Waals surface area contributed by atoms with Crippen molar-refractivity contribution in [2.24, 2.45) is 5.92 Å². The summed E-state index contributed by atoms with van der Waals surface area (Å²) in [6.07, 6.45) is -0.517. The molecule has 18 heavy (non-hydrogen) atoms. The molecule has 4 heteroatoms. The van der Waals surface area contributed by atoms with Gasteiger partial charge in [0.2, 0.25) is 0 Å². The van der Waals surface area contributed by atoms with Gasteiger partial charge in [-0.2, -0.15) is 0 Å². The van der Waals surface area contributed by atoms with Gasteiger partial charge < -0.3 is 15.3 Å². The van der Waals surface area contributed by atoms with Crippen molar-refractivity contribution in [1.82, 2.24) is 0 Å². The van der Waals surface area contributed by atoms with Crippen molar-refractivity contribution in [3.63, 3.8) is 0 Å². The number of aromatic hydroxyl groups is 1. The molecule has 2 N–H and O–H groups in total. The highest BCUT2D eigenvalue weighted by atomic mass is 16.5. The van der Waals surface area contributed by atoms with Crippen molar-refractivity contribution < 1.29 is 14.6 Å². The van der Waals surface area contributed by atoms with Gasteiger partial charge in [0, 0.05) is 17.3 Å². The van der Waals surface area contributed by atoms with Crippen molar-refractivity contribution in [2.75, 3.05) is 0 Å². The van der Waals surface area contributed by atoms with Gasteiger partial charge in [-0.25, -0.2) is 0 Å². The van der Waals surface area contributed by atoms with Gasteiger partial charge in [-0.1, -0.05) is 13.8 Å². The van der Waals surface area contributed by atoms with Crippen LogP contribution in [0.3, 0.4) is 0 Å². The lowest BCUT2D eigenvalue weighted by Gasteiger charge is -2.20. The minimum atomic E-state index is -0.517. The number of phenolic OH excluding ortho intramolecular Hbond substituents is 1. The smallest absolute Gasteiger partial charge is 0.170 e. The second kappa shape index (κ2) is 5.67. The van der Waals surface area contributed by atoms with E-state index in [1.165, 1.54) is 13.0 Å². The molecule has 1 unspecified atom stereocenters. The largest absolute Gasteiger partial charge is 0.507 e. The predicted octanol–water partition coefficient (Wildman–Crippen LogP) is 2.77. The number of benzene rings is 1. The maximum Gasteiger partial charge on any atom is 0.170 e. The number of rotatable bonds is 5. The molecule has 0 radical (unpaired) electrons. The lowest BCUT2D eigenvalue weighted by Crippen LogP contribution is -2.30. The molecule has 0 saturated heterocycles. The van der Waals surface area contributed by atoms with Crippen LogP contribution in [0.4, 0.5) is 0 Å². The Balaban J connectivity index is 2.95. The Hall–Kier alpha value is -1.84. The van der Waals surface area contributed by atoms with Crippen LogP contribution in [0.5, 0.6) is 11.5 Å². The van der Waals surface area contributed by atoms with Crippen molar-refractivity contribution in [3.05, 3.63) is 23.8 Å². The van der Waals surface area contributed by atoms with Crippen molar-refractivity contribution in [1.29, 1.82) is 5.41 Å². The standard InChI is InChI=1S/C14H19NO3/c1-8(2)14(10(4)16)18-11-5-6-12(9(3)15)13(17)7-11/h5-8,14-15,17H,1-4H3. The van der Waals surface area contributed by atoms with E-state index in [0.717, 1.165) is 0 Å². The van der Waals surface area contributed by atoms with Gasteiger partial charge in [0.05, 0.1) is 0 Å². The summed E-state index contributed by atoms with van der Waals surface area (Å²) in [4.78, 5) is 11.4. The summed E-state index contributed by atoms with van der Waals surface area (Å²) in [5, 5.41) is 17.2. The average molecular weight is 249 g/mol. The van der Waals surface area contributed by atoms with E-state index in [0.29, 0.717) is 11.3 Å². The van der Waals surface area contributed by atoms with E-state index in [1.807, 2.05) is 13.8 Å². The van der Waals surface area contributed by atoms with E-state index in [1.54, 1.807) is 19.1 Å². The highest BCUT2D eigenvalue weighted by Crippen LogP contribution is 2.25. The van der Waals surface area contributed by atoms with E-state index >= 15 is 0 Å². The molecule has 0 aliphatic rings. The molecular formula is C14H19NO3. The van der Waals surface area contributed by atoms with E-state index in [9.17, 15) is 9.90 Å². The summed E-state index contributed by atoms with van der Waals surface area (Å²) in [7, 11) is 0. The Morgan fingerprint density at radius 2 is 1.94 bits per heavy atom. The van der Waals surface area contributed by atoms with Crippen LogP contribution >= 0.6 is 0 Å². The van der Waals surface area contributed by atoms with Gasteiger partial charge in [-0.15, -0.1) is 0 Å². The average Bonchev–Trinajstić information content (AvgIpc) is 2.24. The summed E-state index contributed by atoms with van der Waals surface area (Å²) in [5.41, 5.74) is 0.747. The molecule has 0 fully saturated rings. The second-order valence-electron chi connectivity index (χ2n) is 4.70.